The van der Waals surface area contributed by atoms with Crippen molar-refractivity contribution in [3.05, 3.63) is 22.8 Å². The zero-order valence-electron chi connectivity index (χ0n) is 23.8. The highest BCUT2D eigenvalue weighted by Gasteiger charge is 2.68. The summed E-state index contributed by atoms with van der Waals surface area (Å²) in [6.45, 7) is 10.1. The van der Waals surface area contributed by atoms with Crippen molar-refractivity contribution in [2.24, 2.45) is 22.7 Å². The summed E-state index contributed by atoms with van der Waals surface area (Å²) < 4.78 is 12.8. The molecule has 1 aromatic carbocycles. The number of carbonyl (C=O) groups excluding carboxylic acids is 2. The predicted molar refractivity (Wildman–Crippen MR) is 142 cm³/mol. The highest BCUT2D eigenvalue weighted by Crippen LogP contribution is 2.67. The van der Waals surface area contributed by atoms with Gasteiger partial charge in [-0.3, -0.25) is 14.4 Å². The third kappa shape index (κ3) is 3.96. The highest BCUT2D eigenvalue weighted by atomic mass is 16.5. The van der Waals surface area contributed by atoms with Crippen LogP contribution in [0.3, 0.4) is 0 Å². The zero-order chi connectivity index (χ0) is 29.4. The number of amides is 1. The van der Waals surface area contributed by atoms with Gasteiger partial charge < -0.3 is 29.7 Å². The Morgan fingerprint density at radius 1 is 1.15 bits per heavy atom. The number of nitrogens with zero attached hydrogens (tertiary/aromatic N) is 1. The molecule has 10 heteroatoms. The summed E-state index contributed by atoms with van der Waals surface area (Å²) in [6.07, 6.45) is 2.92. The van der Waals surface area contributed by atoms with Gasteiger partial charge in [-0.05, 0) is 50.0 Å². The summed E-state index contributed by atoms with van der Waals surface area (Å²) in [5, 5.41) is 30.1. The van der Waals surface area contributed by atoms with Gasteiger partial charge in [0.1, 0.15) is 29.2 Å². The zero-order valence-corrected chi connectivity index (χ0v) is 23.8. The van der Waals surface area contributed by atoms with Crippen molar-refractivity contribution >= 4 is 23.8 Å². The van der Waals surface area contributed by atoms with E-state index in [4.69, 9.17) is 14.6 Å². The molecular formula is C30H39NO9. The van der Waals surface area contributed by atoms with Gasteiger partial charge in [-0.25, -0.2) is 4.79 Å². The van der Waals surface area contributed by atoms with E-state index in [-0.39, 0.29) is 65.4 Å². The number of aliphatic carboxylic acids is 2. The Morgan fingerprint density at radius 3 is 2.48 bits per heavy atom. The second kappa shape index (κ2) is 9.38. The van der Waals surface area contributed by atoms with Crippen molar-refractivity contribution in [1.29, 1.82) is 0 Å². The molecule has 2 fully saturated rings. The van der Waals surface area contributed by atoms with E-state index in [1.165, 1.54) is 17.9 Å². The first kappa shape index (κ1) is 28.2. The molecule has 5 rings (SSSR count). The fourth-order valence-corrected chi connectivity index (χ4v) is 8.61. The lowest BCUT2D eigenvalue weighted by Gasteiger charge is -2.64. The van der Waals surface area contributed by atoms with Gasteiger partial charge in [-0.2, -0.15) is 0 Å². The van der Waals surface area contributed by atoms with Gasteiger partial charge in [0, 0.05) is 41.7 Å². The Morgan fingerprint density at radius 2 is 1.85 bits per heavy atom. The molecular weight excluding hydrogens is 518 g/mol. The fourth-order valence-electron chi connectivity index (χ4n) is 8.61. The number of hydrogen-bond acceptors (Lipinski definition) is 7. The molecule has 2 aliphatic heterocycles. The van der Waals surface area contributed by atoms with E-state index in [9.17, 15) is 29.4 Å². The van der Waals surface area contributed by atoms with Crippen LogP contribution in [0.1, 0.15) is 94.6 Å². The highest BCUT2D eigenvalue weighted by molar-refractivity contribution is 6.02. The number of phenols is 1. The maximum atomic E-state index is 13.4. The topological polar surface area (TPSA) is 151 Å². The first-order chi connectivity index (χ1) is 18.6. The number of benzene rings is 1. The van der Waals surface area contributed by atoms with Crippen molar-refractivity contribution < 1.29 is 44.0 Å². The Kier molecular flexibility index (Phi) is 6.62. The first-order valence-electron chi connectivity index (χ1n) is 14.1. The summed E-state index contributed by atoms with van der Waals surface area (Å²) in [5.41, 5.74) is 0.0613. The minimum Gasteiger partial charge on any atom is -0.508 e. The Labute approximate surface area is 233 Å². The van der Waals surface area contributed by atoms with E-state index in [2.05, 4.69) is 27.7 Å². The molecule has 1 aromatic rings. The summed E-state index contributed by atoms with van der Waals surface area (Å²) in [6, 6.07) is 0.0983. The number of ether oxygens (including phenoxy) is 2. The number of carboxylic acids is 2. The lowest BCUT2D eigenvalue weighted by atomic mass is 9.43. The van der Waals surface area contributed by atoms with Crippen LogP contribution >= 0.6 is 0 Å². The van der Waals surface area contributed by atoms with Crippen LogP contribution in [0.15, 0.2) is 6.07 Å². The van der Waals surface area contributed by atoms with Crippen LogP contribution in [0.2, 0.25) is 0 Å². The van der Waals surface area contributed by atoms with Crippen LogP contribution in [0.4, 0.5) is 0 Å². The summed E-state index contributed by atoms with van der Waals surface area (Å²) in [4.78, 5) is 49.6. The van der Waals surface area contributed by atoms with Crippen LogP contribution in [-0.2, 0) is 32.1 Å². The van der Waals surface area contributed by atoms with Crippen LogP contribution < -0.4 is 4.74 Å². The molecule has 3 N–H and O–H groups in total. The quantitative estimate of drug-likeness (QED) is 0.438. The summed E-state index contributed by atoms with van der Waals surface area (Å²) in [5.74, 6) is -2.56. The maximum Gasteiger partial charge on any atom is 0.326 e. The fraction of sp³-hybridized carbons (Fsp3) is 0.667. The number of phenolic OH excluding ortho intramolecular Hbond substituents is 1. The first-order valence-corrected chi connectivity index (χ1v) is 14.1. The standard InChI is InChI=1S/C30H39NO9/c1-15-6-8-22-28(3,4)23(39-16(2)32)10-11-29(22,5)30(15)13-18-21(33)12-17-19(25(18)40-30)14-31(26(17)36)20(27(37)38)7-9-24(34)35/h12,15,20,22-23,33H,6-11,13-14H2,1-5H3,(H,34,35)(H,37,38). The van der Waals surface area contributed by atoms with E-state index in [1.807, 2.05) is 0 Å². The van der Waals surface area contributed by atoms with Crippen molar-refractivity contribution in [3.63, 3.8) is 0 Å². The SMILES string of the molecule is CC(=O)OC1CCC2(C)C(CCC(C)C23Cc2c(O)cc4c(c2O3)CN(C(CCC(=O)O)C(=O)O)C4=O)C1(C)C. The number of esters is 1. The maximum absolute atomic E-state index is 13.4. The average molecular weight is 558 g/mol. The lowest BCUT2D eigenvalue weighted by Crippen LogP contribution is -2.67. The van der Waals surface area contributed by atoms with Crippen LogP contribution in [0.5, 0.6) is 11.5 Å². The molecule has 0 radical (unpaired) electrons. The third-order valence-corrected chi connectivity index (χ3v) is 10.7. The van der Waals surface area contributed by atoms with Crippen LogP contribution in [0.25, 0.3) is 0 Å². The minimum atomic E-state index is -1.31. The number of carboxylic acid groups (broad SMARTS) is 2. The molecule has 1 spiro atoms. The van der Waals surface area contributed by atoms with E-state index >= 15 is 0 Å². The van der Waals surface area contributed by atoms with E-state index in [0.29, 0.717) is 29.7 Å². The largest absolute Gasteiger partial charge is 0.508 e. The van der Waals surface area contributed by atoms with Gasteiger partial charge in [0.25, 0.3) is 5.91 Å². The molecule has 0 aromatic heterocycles. The number of hydrogen-bond donors (Lipinski definition) is 3. The molecule has 10 nitrogen and oxygen atoms in total. The van der Waals surface area contributed by atoms with Crippen molar-refractivity contribution in [3.8, 4) is 11.5 Å². The Bertz CT molecular complexity index is 1290. The number of rotatable bonds is 6. The summed E-state index contributed by atoms with van der Waals surface area (Å²) >= 11 is 0. The molecule has 2 heterocycles. The average Bonchev–Trinajstić information content (AvgIpc) is 3.40. The molecule has 1 amide bonds. The Balaban J connectivity index is 1.52. The molecule has 6 atom stereocenters. The molecule has 6 unspecified atom stereocenters. The lowest BCUT2D eigenvalue weighted by molar-refractivity contribution is -0.218. The van der Waals surface area contributed by atoms with Crippen LogP contribution in [-0.4, -0.2) is 61.8 Å². The second-order valence-corrected chi connectivity index (χ2v) is 13.0. The van der Waals surface area contributed by atoms with E-state index < -0.39 is 29.5 Å². The summed E-state index contributed by atoms with van der Waals surface area (Å²) in [7, 11) is 0. The molecule has 0 bridgehead atoms. The van der Waals surface area contributed by atoms with E-state index in [0.717, 1.165) is 19.3 Å². The van der Waals surface area contributed by atoms with Crippen LogP contribution in [0, 0.1) is 22.7 Å². The molecule has 0 saturated heterocycles. The van der Waals surface area contributed by atoms with Gasteiger partial charge in [0.15, 0.2) is 0 Å². The van der Waals surface area contributed by atoms with E-state index in [1.54, 1.807) is 0 Å². The van der Waals surface area contributed by atoms with Crippen molar-refractivity contribution in [2.45, 2.75) is 104 Å². The van der Waals surface area contributed by atoms with Gasteiger partial charge in [0.2, 0.25) is 0 Å². The van der Waals surface area contributed by atoms with Gasteiger partial charge in [-0.15, -0.1) is 0 Å². The molecule has 40 heavy (non-hydrogen) atoms. The minimum absolute atomic E-state index is 0.0298. The molecule has 2 saturated carbocycles. The molecule has 4 aliphatic rings. The number of carbonyl (C=O) groups is 4. The number of fused-ring (bicyclic) bond motifs is 5. The van der Waals surface area contributed by atoms with Crippen molar-refractivity contribution in [1.82, 2.24) is 4.90 Å². The number of aromatic hydroxyl groups is 1. The van der Waals surface area contributed by atoms with Gasteiger partial charge in [0.05, 0.1) is 12.1 Å². The van der Waals surface area contributed by atoms with Gasteiger partial charge in [-0.1, -0.05) is 27.7 Å². The normalized spacial score (nSPS) is 32.6. The predicted octanol–water partition coefficient (Wildman–Crippen LogP) is 4.14. The van der Waals surface area contributed by atoms with Gasteiger partial charge >= 0.3 is 17.9 Å². The smallest absolute Gasteiger partial charge is 0.326 e. The van der Waals surface area contributed by atoms with Crippen molar-refractivity contribution in [2.75, 3.05) is 0 Å². The second-order valence-electron chi connectivity index (χ2n) is 13.0. The molecule has 218 valence electrons. The third-order valence-electron chi connectivity index (χ3n) is 10.7. The monoisotopic (exact) mass is 557 g/mol. The Hall–Kier alpha value is -3.30. The molecule has 2 aliphatic carbocycles.